The Kier molecular flexibility index (Phi) is 7.14. The van der Waals surface area contributed by atoms with Crippen molar-refractivity contribution in [3.63, 3.8) is 0 Å². The number of carboxylic acid groups (broad SMARTS) is 1. The minimum absolute atomic E-state index is 0.169. The maximum absolute atomic E-state index is 13.0. The largest absolute Gasteiger partial charge is 0.480 e. The van der Waals surface area contributed by atoms with Gasteiger partial charge in [0.05, 0.1) is 0 Å². The molecule has 2 heterocycles. The molecule has 36 heavy (non-hydrogen) atoms. The van der Waals surface area contributed by atoms with Crippen molar-refractivity contribution < 1.29 is 23.1 Å². The van der Waals surface area contributed by atoms with E-state index in [1.807, 2.05) is 43.3 Å². The number of aryl methyl sites for hydroxylation is 1. The van der Waals surface area contributed by atoms with E-state index in [0.29, 0.717) is 17.9 Å². The molecule has 184 valence electrons. The van der Waals surface area contributed by atoms with Gasteiger partial charge in [0.2, 0.25) is 5.95 Å². The van der Waals surface area contributed by atoms with E-state index in [2.05, 4.69) is 25.6 Å². The van der Waals surface area contributed by atoms with Crippen molar-refractivity contribution in [2.24, 2.45) is 0 Å². The van der Waals surface area contributed by atoms with E-state index >= 15 is 0 Å². The molecule has 0 spiro atoms. The van der Waals surface area contributed by atoms with Crippen molar-refractivity contribution in [3.8, 4) is 11.1 Å². The van der Waals surface area contributed by atoms with Gasteiger partial charge in [0, 0.05) is 30.1 Å². The zero-order valence-electron chi connectivity index (χ0n) is 19.1. The van der Waals surface area contributed by atoms with E-state index in [4.69, 9.17) is 0 Å². The number of halogens is 3. The molecule has 0 fully saturated rings. The van der Waals surface area contributed by atoms with Crippen LogP contribution in [0.2, 0.25) is 0 Å². The Bertz CT molecular complexity index is 1350. The fraction of sp³-hybridized carbons (Fsp3) is 0.154. The predicted octanol–water partition coefficient (Wildman–Crippen LogP) is 5.72. The fourth-order valence-corrected chi connectivity index (χ4v) is 3.61. The Morgan fingerprint density at radius 1 is 1.00 bits per heavy atom. The molecule has 0 aliphatic rings. The summed E-state index contributed by atoms with van der Waals surface area (Å²) in [5, 5.41) is 15.4. The van der Waals surface area contributed by atoms with Gasteiger partial charge in [-0.15, -0.1) is 0 Å². The van der Waals surface area contributed by atoms with E-state index in [-0.39, 0.29) is 5.95 Å². The summed E-state index contributed by atoms with van der Waals surface area (Å²) < 4.78 is 38.9. The first-order valence-corrected chi connectivity index (χ1v) is 11.0. The van der Waals surface area contributed by atoms with Crippen molar-refractivity contribution in [2.45, 2.75) is 25.6 Å². The average Bonchev–Trinajstić information content (AvgIpc) is 2.84. The monoisotopic (exact) mass is 493 g/mol. The summed E-state index contributed by atoms with van der Waals surface area (Å²) in [5.74, 6) is -0.751. The molecule has 10 heteroatoms. The van der Waals surface area contributed by atoms with Gasteiger partial charge in [0.25, 0.3) is 0 Å². The summed E-state index contributed by atoms with van der Waals surface area (Å²) in [6, 6.07) is 18.1. The van der Waals surface area contributed by atoms with Crippen LogP contribution >= 0.6 is 0 Å². The molecule has 4 rings (SSSR count). The summed E-state index contributed by atoms with van der Waals surface area (Å²) in [7, 11) is 0. The van der Waals surface area contributed by atoms with Crippen LogP contribution in [0.25, 0.3) is 11.1 Å². The molecular formula is C26H22F3N5O2. The molecule has 0 aliphatic carbocycles. The summed E-state index contributed by atoms with van der Waals surface area (Å²) in [4.78, 5) is 23.5. The Labute approximate surface area is 205 Å². The Morgan fingerprint density at radius 3 is 2.44 bits per heavy atom. The number of carbonyl (C=O) groups is 1. The number of nitrogens with one attached hydrogen (secondary N) is 2. The first-order valence-electron chi connectivity index (χ1n) is 11.0. The van der Waals surface area contributed by atoms with Gasteiger partial charge in [0.15, 0.2) is 0 Å². The third kappa shape index (κ3) is 6.35. The van der Waals surface area contributed by atoms with Crippen LogP contribution in [0, 0.1) is 6.92 Å². The van der Waals surface area contributed by atoms with Crippen LogP contribution in [0.4, 0.5) is 30.6 Å². The van der Waals surface area contributed by atoms with Crippen LogP contribution in [-0.2, 0) is 17.4 Å². The summed E-state index contributed by atoms with van der Waals surface area (Å²) in [5.41, 5.74) is 2.73. The van der Waals surface area contributed by atoms with Crippen LogP contribution in [0.3, 0.4) is 0 Å². The molecule has 0 radical (unpaired) electrons. The normalized spacial score (nSPS) is 12.1. The molecule has 2 aromatic heterocycles. The zero-order valence-corrected chi connectivity index (χ0v) is 19.1. The van der Waals surface area contributed by atoms with E-state index in [9.17, 15) is 23.1 Å². The minimum Gasteiger partial charge on any atom is -0.480 e. The molecule has 0 bridgehead atoms. The minimum atomic E-state index is -4.57. The number of hydrogen-bond donors (Lipinski definition) is 3. The summed E-state index contributed by atoms with van der Waals surface area (Å²) in [6.07, 6.45) is -1.63. The topological polar surface area (TPSA) is 100 Å². The van der Waals surface area contributed by atoms with E-state index in [1.54, 1.807) is 30.5 Å². The van der Waals surface area contributed by atoms with Crippen molar-refractivity contribution >= 4 is 23.4 Å². The number of alkyl halides is 3. The third-order valence-corrected chi connectivity index (χ3v) is 5.28. The molecule has 0 unspecified atom stereocenters. The number of hydrogen-bond acceptors (Lipinski definition) is 6. The van der Waals surface area contributed by atoms with Gasteiger partial charge >= 0.3 is 12.1 Å². The lowest BCUT2D eigenvalue weighted by molar-refractivity contribution is -0.141. The van der Waals surface area contributed by atoms with Gasteiger partial charge in [-0.05, 0) is 53.9 Å². The van der Waals surface area contributed by atoms with Crippen LogP contribution in [0.1, 0.15) is 16.8 Å². The quantitative estimate of drug-likeness (QED) is 0.289. The first-order chi connectivity index (χ1) is 17.2. The number of nitrogens with zero attached hydrogens (tertiary/aromatic N) is 3. The second kappa shape index (κ2) is 10.4. The number of aliphatic carboxylic acids is 1. The third-order valence-electron chi connectivity index (χ3n) is 5.28. The highest BCUT2D eigenvalue weighted by molar-refractivity contribution is 5.77. The Balaban J connectivity index is 1.51. The lowest BCUT2D eigenvalue weighted by Gasteiger charge is -2.16. The second-order valence-electron chi connectivity index (χ2n) is 8.13. The molecule has 0 amide bonds. The fourth-order valence-electron chi connectivity index (χ4n) is 3.61. The maximum Gasteiger partial charge on any atom is 0.433 e. The molecule has 0 saturated heterocycles. The lowest BCUT2D eigenvalue weighted by Crippen LogP contribution is -2.31. The summed E-state index contributed by atoms with van der Waals surface area (Å²) in [6.45, 7) is 1.85. The van der Waals surface area contributed by atoms with E-state index < -0.39 is 23.9 Å². The molecule has 0 saturated carbocycles. The molecular weight excluding hydrogens is 471 g/mol. The second-order valence-corrected chi connectivity index (χ2v) is 8.13. The van der Waals surface area contributed by atoms with Crippen LogP contribution in [0.5, 0.6) is 0 Å². The molecule has 4 aromatic rings. The standard InChI is InChI=1S/C26H22F3N5O2/c1-16-11-19(14-20(12-16)32-25-30-10-9-22(34-25)26(27,28)29)18-7-8-23(31-15-18)33-21(24(35)36)13-17-5-3-2-4-6-17/h2-12,14-15,21H,13H2,1H3,(H,31,33)(H,35,36)(H,30,32,34)/t21-/m0/s1. The molecule has 2 aromatic carbocycles. The number of carboxylic acids is 1. The van der Waals surface area contributed by atoms with Crippen LogP contribution in [0.15, 0.2) is 79.1 Å². The van der Waals surface area contributed by atoms with Crippen LogP contribution < -0.4 is 10.6 Å². The van der Waals surface area contributed by atoms with Gasteiger partial charge < -0.3 is 15.7 Å². The van der Waals surface area contributed by atoms with Gasteiger partial charge in [-0.2, -0.15) is 13.2 Å². The predicted molar refractivity (Wildman–Crippen MR) is 130 cm³/mol. The van der Waals surface area contributed by atoms with Crippen molar-refractivity contribution in [1.29, 1.82) is 0 Å². The zero-order chi connectivity index (χ0) is 25.7. The van der Waals surface area contributed by atoms with Crippen LogP contribution in [-0.4, -0.2) is 32.1 Å². The molecule has 7 nitrogen and oxygen atoms in total. The highest BCUT2D eigenvalue weighted by Gasteiger charge is 2.32. The number of rotatable bonds is 8. The molecule has 1 atom stereocenters. The van der Waals surface area contributed by atoms with E-state index in [0.717, 1.165) is 34.5 Å². The van der Waals surface area contributed by atoms with Crippen molar-refractivity contribution in [2.75, 3.05) is 10.6 Å². The van der Waals surface area contributed by atoms with E-state index in [1.165, 1.54) is 0 Å². The number of aromatic nitrogens is 3. The molecule has 3 N–H and O–H groups in total. The van der Waals surface area contributed by atoms with Crippen molar-refractivity contribution in [1.82, 2.24) is 15.0 Å². The van der Waals surface area contributed by atoms with Gasteiger partial charge in [-0.1, -0.05) is 36.4 Å². The first kappa shape index (κ1) is 24.6. The average molecular weight is 493 g/mol. The Hall–Kier alpha value is -4.47. The number of anilines is 3. The smallest absolute Gasteiger partial charge is 0.433 e. The highest BCUT2D eigenvalue weighted by atomic mass is 19.4. The van der Waals surface area contributed by atoms with Crippen molar-refractivity contribution in [3.05, 3.63) is 95.9 Å². The Morgan fingerprint density at radius 2 is 1.78 bits per heavy atom. The van der Waals surface area contributed by atoms with Gasteiger partial charge in [-0.3, -0.25) is 0 Å². The van der Waals surface area contributed by atoms with Gasteiger partial charge in [-0.25, -0.2) is 19.7 Å². The summed E-state index contributed by atoms with van der Waals surface area (Å²) >= 11 is 0. The lowest BCUT2D eigenvalue weighted by atomic mass is 10.0. The molecule has 0 aliphatic heterocycles. The maximum atomic E-state index is 13.0. The SMILES string of the molecule is Cc1cc(Nc2nccc(C(F)(F)F)n2)cc(-c2ccc(N[C@@H](Cc3ccccc3)C(=O)O)nc2)c1. The highest BCUT2D eigenvalue weighted by Crippen LogP contribution is 2.29. The number of pyridine rings is 1. The number of benzene rings is 2. The van der Waals surface area contributed by atoms with Gasteiger partial charge in [0.1, 0.15) is 17.6 Å².